The Morgan fingerprint density at radius 3 is 2.29 bits per heavy atom. The van der Waals surface area contributed by atoms with Crippen molar-refractivity contribution in [1.82, 2.24) is 0 Å². The highest BCUT2D eigenvalue weighted by Gasteiger charge is 2.55. The summed E-state index contributed by atoms with van der Waals surface area (Å²) in [5.41, 5.74) is 0.131. The molecule has 2 unspecified atom stereocenters. The van der Waals surface area contributed by atoms with E-state index in [0.717, 1.165) is 5.56 Å². The topological polar surface area (TPSA) is 66.4 Å². The first-order chi connectivity index (χ1) is 15.2. The van der Waals surface area contributed by atoms with Gasteiger partial charge in [-0.3, -0.25) is 8.74 Å². The van der Waals surface area contributed by atoms with Gasteiger partial charge in [-0.05, 0) is 12.1 Å². The maximum absolute atomic E-state index is 11.8. The smallest absolute Gasteiger partial charge is 0.184 e. The van der Waals surface area contributed by atoms with Crippen molar-refractivity contribution in [3.8, 4) is 0 Å². The Hall–Kier alpha value is -1.97. The number of fused-ring (bicyclic) bond motifs is 1. The summed E-state index contributed by atoms with van der Waals surface area (Å²) >= 11 is 0. The molecule has 0 aliphatic carbocycles. The van der Waals surface area contributed by atoms with Crippen molar-refractivity contribution in [2.75, 3.05) is 19.8 Å². The molecule has 2 aliphatic rings. The fourth-order valence-electron chi connectivity index (χ4n) is 3.79. The van der Waals surface area contributed by atoms with Gasteiger partial charge >= 0.3 is 0 Å². The van der Waals surface area contributed by atoms with Gasteiger partial charge in [0.15, 0.2) is 11.7 Å². The molecule has 2 fully saturated rings. The lowest BCUT2D eigenvalue weighted by Gasteiger charge is -2.56. The maximum Gasteiger partial charge on any atom is 0.184 e. The summed E-state index contributed by atoms with van der Waals surface area (Å²) in [5.74, 6) is 0. The SMILES string of the molecule is C=CCO[C@H]1[C@@H]2OC(c3ccccc3)OC[C@H]2OS(O)(c2ccccc2)[C@H]1OCC=C. The van der Waals surface area contributed by atoms with Crippen LogP contribution in [0.3, 0.4) is 0 Å². The van der Waals surface area contributed by atoms with E-state index in [1.54, 1.807) is 12.2 Å². The molecule has 0 aromatic heterocycles. The van der Waals surface area contributed by atoms with E-state index in [-0.39, 0.29) is 19.8 Å². The van der Waals surface area contributed by atoms with Crippen LogP contribution in [-0.4, -0.2) is 48.1 Å². The van der Waals surface area contributed by atoms with E-state index in [9.17, 15) is 4.55 Å². The van der Waals surface area contributed by atoms with Gasteiger partial charge < -0.3 is 18.9 Å². The molecule has 31 heavy (non-hydrogen) atoms. The van der Waals surface area contributed by atoms with E-state index in [4.69, 9.17) is 23.1 Å². The molecular formula is C24H28O6S. The minimum absolute atomic E-state index is 0.236. The van der Waals surface area contributed by atoms with Gasteiger partial charge in [-0.2, -0.15) is 0 Å². The van der Waals surface area contributed by atoms with Crippen LogP contribution in [0.2, 0.25) is 0 Å². The van der Waals surface area contributed by atoms with Gasteiger partial charge in [-0.1, -0.05) is 60.7 Å². The van der Waals surface area contributed by atoms with Gasteiger partial charge in [0.2, 0.25) is 0 Å². The van der Waals surface area contributed by atoms with Crippen molar-refractivity contribution < 1.29 is 27.7 Å². The average Bonchev–Trinajstić information content (AvgIpc) is 2.82. The van der Waals surface area contributed by atoms with Gasteiger partial charge in [-0.25, -0.2) is 0 Å². The summed E-state index contributed by atoms with van der Waals surface area (Å²) in [5, 5.41) is 0. The van der Waals surface area contributed by atoms with Crippen molar-refractivity contribution in [2.24, 2.45) is 0 Å². The highest BCUT2D eigenvalue weighted by atomic mass is 32.3. The second-order valence-electron chi connectivity index (χ2n) is 7.27. The molecule has 2 heterocycles. The van der Waals surface area contributed by atoms with E-state index >= 15 is 0 Å². The van der Waals surface area contributed by atoms with Gasteiger partial charge in [0, 0.05) is 5.56 Å². The molecule has 0 amide bonds. The Balaban J connectivity index is 1.68. The molecule has 0 spiro atoms. The predicted octanol–water partition coefficient (Wildman–Crippen LogP) is 4.85. The molecule has 4 rings (SSSR count). The van der Waals surface area contributed by atoms with E-state index in [0.29, 0.717) is 4.90 Å². The monoisotopic (exact) mass is 444 g/mol. The third-order valence-electron chi connectivity index (χ3n) is 5.17. The van der Waals surface area contributed by atoms with Crippen LogP contribution < -0.4 is 0 Å². The van der Waals surface area contributed by atoms with Crippen molar-refractivity contribution in [1.29, 1.82) is 0 Å². The molecule has 2 aromatic rings. The zero-order valence-corrected chi connectivity index (χ0v) is 18.1. The third-order valence-corrected chi connectivity index (χ3v) is 7.70. The highest BCUT2D eigenvalue weighted by molar-refractivity contribution is 8.25. The predicted molar refractivity (Wildman–Crippen MR) is 120 cm³/mol. The highest BCUT2D eigenvalue weighted by Crippen LogP contribution is 2.63. The van der Waals surface area contributed by atoms with E-state index in [1.165, 1.54) is 0 Å². The van der Waals surface area contributed by atoms with Crippen LogP contribution in [0.4, 0.5) is 0 Å². The molecular weight excluding hydrogens is 416 g/mol. The number of ether oxygens (including phenoxy) is 4. The fourth-order valence-corrected chi connectivity index (χ4v) is 6.23. The lowest BCUT2D eigenvalue weighted by Crippen LogP contribution is -2.60. The quantitative estimate of drug-likeness (QED) is 0.587. The summed E-state index contributed by atoms with van der Waals surface area (Å²) in [4.78, 5) is 0.653. The zero-order chi connectivity index (χ0) is 21.7. The number of hydrogen-bond donors (Lipinski definition) is 1. The molecule has 0 radical (unpaired) electrons. The van der Waals surface area contributed by atoms with E-state index in [1.807, 2.05) is 60.7 Å². The van der Waals surface area contributed by atoms with Crippen molar-refractivity contribution >= 4 is 10.6 Å². The van der Waals surface area contributed by atoms with E-state index < -0.39 is 40.6 Å². The average molecular weight is 445 g/mol. The van der Waals surface area contributed by atoms with Gasteiger partial charge in [-0.15, -0.1) is 23.7 Å². The molecule has 2 aromatic carbocycles. The summed E-state index contributed by atoms with van der Waals surface area (Å²) in [6.07, 6.45) is 1.15. The van der Waals surface area contributed by atoms with Crippen molar-refractivity contribution in [3.05, 3.63) is 91.5 Å². The second kappa shape index (κ2) is 10.1. The minimum Gasteiger partial charge on any atom is -0.367 e. The summed E-state index contributed by atoms with van der Waals surface area (Å²) < 4.78 is 42.6. The summed E-state index contributed by atoms with van der Waals surface area (Å²) in [6, 6.07) is 19.0. The molecule has 6 atom stereocenters. The van der Waals surface area contributed by atoms with Crippen LogP contribution in [0, 0.1) is 0 Å². The zero-order valence-electron chi connectivity index (χ0n) is 17.2. The molecule has 2 saturated heterocycles. The Labute approximate surface area is 184 Å². The first-order valence-electron chi connectivity index (χ1n) is 10.2. The lowest BCUT2D eigenvalue weighted by atomic mass is 10.1. The maximum atomic E-state index is 11.8. The van der Waals surface area contributed by atoms with Gasteiger partial charge in [0.1, 0.15) is 18.3 Å². The largest absolute Gasteiger partial charge is 0.367 e. The first-order valence-corrected chi connectivity index (χ1v) is 11.8. The number of benzene rings is 2. The van der Waals surface area contributed by atoms with Crippen molar-refractivity contribution in [3.63, 3.8) is 0 Å². The van der Waals surface area contributed by atoms with Crippen LogP contribution in [0.1, 0.15) is 11.9 Å². The third kappa shape index (κ3) is 4.63. The molecule has 166 valence electrons. The Morgan fingerprint density at radius 2 is 1.61 bits per heavy atom. The molecule has 6 nitrogen and oxygen atoms in total. The molecule has 2 aliphatic heterocycles. The molecule has 0 saturated carbocycles. The Morgan fingerprint density at radius 1 is 0.968 bits per heavy atom. The fraction of sp³-hybridized carbons (Fsp3) is 0.333. The normalized spacial score (nSPS) is 34.8. The minimum atomic E-state index is -2.85. The van der Waals surface area contributed by atoms with Crippen LogP contribution in [0.15, 0.2) is 90.9 Å². The van der Waals surface area contributed by atoms with Crippen LogP contribution in [0.25, 0.3) is 0 Å². The summed E-state index contributed by atoms with van der Waals surface area (Å²) in [6.45, 7) is 8.28. The Bertz CT molecular complexity index is 863. The van der Waals surface area contributed by atoms with E-state index in [2.05, 4.69) is 13.2 Å². The standard InChI is InChI=1S/C24H28O6S/c1-3-15-26-22-21-20(17-28-23(29-21)18-11-7-5-8-12-18)30-31(25,24(22)27-16-4-2)19-13-9-6-10-14-19/h3-14,20-25H,1-2,15-17H2/t20-,21-,22+,23?,24-/m1/s1. The van der Waals surface area contributed by atoms with Crippen LogP contribution in [0.5, 0.6) is 0 Å². The number of hydrogen-bond acceptors (Lipinski definition) is 6. The lowest BCUT2D eigenvalue weighted by molar-refractivity contribution is -0.287. The summed E-state index contributed by atoms with van der Waals surface area (Å²) in [7, 11) is -2.85. The molecule has 1 N–H and O–H groups in total. The molecule has 0 bridgehead atoms. The van der Waals surface area contributed by atoms with Crippen LogP contribution in [-0.2, 0) is 23.1 Å². The van der Waals surface area contributed by atoms with Crippen LogP contribution >= 0.6 is 10.6 Å². The molecule has 7 heteroatoms. The second-order valence-corrected chi connectivity index (χ2v) is 9.54. The van der Waals surface area contributed by atoms with Crippen molar-refractivity contribution in [2.45, 2.75) is 34.9 Å². The number of rotatable bonds is 8. The van der Waals surface area contributed by atoms with Gasteiger partial charge in [0.05, 0.1) is 24.7 Å². The first kappa shape index (κ1) is 22.2. The van der Waals surface area contributed by atoms with Gasteiger partial charge in [0.25, 0.3) is 0 Å². The Kier molecular flexibility index (Phi) is 7.24.